The molecule has 1 saturated carbocycles. The summed E-state index contributed by atoms with van der Waals surface area (Å²) >= 11 is 0. The van der Waals surface area contributed by atoms with Crippen LogP contribution in [0.25, 0.3) is 0 Å². The van der Waals surface area contributed by atoms with E-state index in [1.807, 2.05) is 13.8 Å². The van der Waals surface area contributed by atoms with Crippen LogP contribution in [0.1, 0.15) is 52.4 Å². The lowest BCUT2D eigenvalue weighted by Gasteiger charge is -2.32. The monoisotopic (exact) mass is 199 g/mol. The van der Waals surface area contributed by atoms with Gasteiger partial charge in [0.05, 0.1) is 12.5 Å². The smallest absolute Gasteiger partial charge is 0.307 e. The highest BCUT2D eigenvalue weighted by atomic mass is 16.5. The molecule has 0 aromatic rings. The van der Waals surface area contributed by atoms with Gasteiger partial charge in [0, 0.05) is 5.54 Å². The van der Waals surface area contributed by atoms with E-state index in [-0.39, 0.29) is 17.6 Å². The van der Waals surface area contributed by atoms with Crippen LogP contribution in [-0.4, -0.2) is 17.6 Å². The summed E-state index contributed by atoms with van der Waals surface area (Å²) in [4.78, 5) is 11.4. The van der Waals surface area contributed by atoms with Crippen LogP contribution < -0.4 is 5.73 Å². The van der Waals surface area contributed by atoms with Crippen LogP contribution in [0, 0.1) is 0 Å². The van der Waals surface area contributed by atoms with Crippen LogP contribution in [0.15, 0.2) is 0 Å². The largest absolute Gasteiger partial charge is 0.463 e. The molecule has 0 saturated heterocycles. The van der Waals surface area contributed by atoms with E-state index in [0.717, 1.165) is 25.7 Å². The Bertz CT molecular complexity index is 195. The van der Waals surface area contributed by atoms with Gasteiger partial charge in [0.2, 0.25) is 0 Å². The summed E-state index contributed by atoms with van der Waals surface area (Å²) in [5, 5.41) is 0. The fraction of sp³-hybridized carbons (Fsp3) is 0.909. The average Bonchev–Trinajstić information content (AvgIpc) is 2.02. The molecular weight excluding hydrogens is 178 g/mol. The van der Waals surface area contributed by atoms with Crippen LogP contribution in [-0.2, 0) is 9.53 Å². The van der Waals surface area contributed by atoms with Gasteiger partial charge in [-0.25, -0.2) is 0 Å². The van der Waals surface area contributed by atoms with Gasteiger partial charge in [-0.05, 0) is 26.7 Å². The Morgan fingerprint density at radius 3 is 2.43 bits per heavy atom. The number of carbonyl (C=O) groups is 1. The fourth-order valence-electron chi connectivity index (χ4n) is 2.02. The molecular formula is C11H21NO2. The first-order chi connectivity index (χ1) is 6.52. The van der Waals surface area contributed by atoms with E-state index in [9.17, 15) is 4.79 Å². The van der Waals surface area contributed by atoms with Crippen molar-refractivity contribution in [1.29, 1.82) is 0 Å². The molecule has 0 spiro atoms. The highest BCUT2D eigenvalue weighted by Gasteiger charge is 2.30. The highest BCUT2D eigenvalue weighted by Crippen LogP contribution is 2.28. The molecule has 0 aromatic heterocycles. The maximum atomic E-state index is 11.4. The zero-order chi connectivity index (χ0) is 10.6. The van der Waals surface area contributed by atoms with Crippen LogP contribution in [0.3, 0.4) is 0 Å². The summed E-state index contributed by atoms with van der Waals surface area (Å²) < 4.78 is 5.10. The summed E-state index contributed by atoms with van der Waals surface area (Å²) in [6, 6.07) is 0. The van der Waals surface area contributed by atoms with Gasteiger partial charge < -0.3 is 10.5 Å². The van der Waals surface area contributed by atoms with Gasteiger partial charge in [-0.15, -0.1) is 0 Å². The van der Waals surface area contributed by atoms with Gasteiger partial charge in [0.15, 0.2) is 0 Å². The lowest BCUT2D eigenvalue weighted by molar-refractivity contribution is -0.149. The summed E-state index contributed by atoms with van der Waals surface area (Å²) in [5.41, 5.74) is 5.85. The van der Waals surface area contributed by atoms with Crippen molar-refractivity contribution < 1.29 is 9.53 Å². The molecule has 0 bridgehead atoms. The van der Waals surface area contributed by atoms with E-state index in [2.05, 4.69) is 0 Å². The van der Waals surface area contributed by atoms with Crippen LogP contribution in [0.2, 0.25) is 0 Å². The average molecular weight is 199 g/mol. The molecule has 0 atom stereocenters. The van der Waals surface area contributed by atoms with E-state index < -0.39 is 0 Å². The van der Waals surface area contributed by atoms with Crippen molar-refractivity contribution in [1.82, 2.24) is 0 Å². The normalized spacial score (nSPS) is 20.9. The van der Waals surface area contributed by atoms with Crippen LogP contribution >= 0.6 is 0 Å². The number of hydrogen-bond acceptors (Lipinski definition) is 3. The van der Waals surface area contributed by atoms with Gasteiger partial charge in [0.25, 0.3) is 0 Å². The highest BCUT2D eigenvalue weighted by molar-refractivity contribution is 5.71. The fourth-order valence-corrected chi connectivity index (χ4v) is 2.02. The lowest BCUT2D eigenvalue weighted by Crippen LogP contribution is -2.44. The van der Waals surface area contributed by atoms with E-state index in [1.54, 1.807) is 0 Å². The van der Waals surface area contributed by atoms with Gasteiger partial charge >= 0.3 is 5.97 Å². The standard InChI is InChI=1S/C11H21NO2/c1-9(2)14-10(13)8-11(12)6-4-3-5-7-11/h9H,3-8,12H2,1-2H3. The molecule has 1 aliphatic rings. The summed E-state index contributed by atoms with van der Waals surface area (Å²) in [6.07, 6.45) is 5.80. The maximum Gasteiger partial charge on any atom is 0.307 e. The van der Waals surface area contributed by atoms with Crippen molar-refractivity contribution >= 4 is 5.97 Å². The second-order valence-electron chi connectivity index (χ2n) is 4.64. The third-order valence-corrected chi connectivity index (χ3v) is 2.71. The van der Waals surface area contributed by atoms with E-state index >= 15 is 0 Å². The van der Waals surface area contributed by atoms with Crippen LogP contribution in [0.4, 0.5) is 0 Å². The first-order valence-electron chi connectivity index (χ1n) is 5.50. The molecule has 3 nitrogen and oxygen atoms in total. The quantitative estimate of drug-likeness (QED) is 0.707. The third kappa shape index (κ3) is 3.66. The Balaban J connectivity index is 2.37. The lowest BCUT2D eigenvalue weighted by atomic mass is 9.80. The minimum absolute atomic E-state index is 0.0327. The zero-order valence-corrected chi connectivity index (χ0v) is 9.21. The van der Waals surface area contributed by atoms with Crippen molar-refractivity contribution in [3.05, 3.63) is 0 Å². The molecule has 3 heteroatoms. The van der Waals surface area contributed by atoms with Gasteiger partial charge in [-0.3, -0.25) is 4.79 Å². The van der Waals surface area contributed by atoms with Crippen LogP contribution in [0.5, 0.6) is 0 Å². The SMILES string of the molecule is CC(C)OC(=O)CC1(N)CCCCC1. The van der Waals surface area contributed by atoms with Gasteiger partial charge in [-0.1, -0.05) is 19.3 Å². The van der Waals surface area contributed by atoms with E-state index in [0.29, 0.717) is 6.42 Å². The molecule has 1 aliphatic carbocycles. The molecule has 0 aliphatic heterocycles. The van der Waals surface area contributed by atoms with Gasteiger partial charge in [-0.2, -0.15) is 0 Å². The van der Waals surface area contributed by atoms with Crippen molar-refractivity contribution in [2.75, 3.05) is 0 Å². The number of carbonyl (C=O) groups excluding carboxylic acids is 1. The van der Waals surface area contributed by atoms with Crippen molar-refractivity contribution in [2.24, 2.45) is 5.73 Å². The molecule has 0 aromatic carbocycles. The Morgan fingerprint density at radius 2 is 1.93 bits per heavy atom. The second-order valence-corrected chi connectivity index (χ2v) is 4.64. The third-order valence-electron chi connectivity index (χ3n) is 2.71. The molecule has 2 N–H and O–H groups in total. The predicted octanol–water partition coefficient (Wildman–Crippen LogP) is 1.99. The minimum Gasteiger partial charge on any atom is -0.463 e. The molecule has 0 unspecified atom stereocenters. The molecule has 0 heterocycles. The van der Waals surface area contributed by atoms with Crippen molar-refractivity contribution in [2.45, 2.75) is 64.0 Å². The molecule has 1 rings (SSSR count). The summed E-state index contributed by atoms with van der Waals surface area (Å²) in [6.45, 7) is 3.73. The topological polar surface area (TPSA) is 52.3 Å². The van der Waals surface area contributed by atoms with Crippen molar-refractivity contribution in [3.8, 4) is 0 Å². The van der Waals surface area contributed by atoms with Gasteiger partial charge in [0.1, 0.15) is 0 Å². The summed E-state index contributed by atoms with van der Waals surface area (Å²) in [7, 11) is 0. The Hall–Kier alpha value is -0.570. The molecule has 0 amide bonds. The number of nitrogens with two attached hydrogens (primary N) is 1. The Kier molecular flexibility index (Phi) is 3.93. The number of rotatable bonds is 3. The molecule has 82 valence electrons. The molecule has 14 heavy (non-hydrogen) atoms. The number of ether oxygens (including phenoxy) is 1. The van der Waals surface area contributed by atoms with E-state index in [1.165, 1.54) is 6.42 Å². The first-order valence-corrected chi connectivity index (χ1v) is 5.50. The zero-order valence-electron chi connectivity index (χ0n) is 9.21. The number of esters is 1. The Labute approximate surface area is 86.0 Å². The van der Waals surface area contributed by atoms with E-state index in [4.69, 9.17) is 10.5 Å². The second kappa shape index (κ2) is 4.78. The summed E-state index contributed by atoms with van der Waals surface area (Å²) in [5.74, 6) is -0.149. The maximum absolute atomic E-state index is 11.4. The first kappa shape index (κ1) is 11.5. The minimum atomic E-state index is -0.287. The van der Waals surface area contributed by atoms with Crippen molar-refractivity contribution in [3.63, 3.8) is 0 Å². The molecule has 1 fully saturated rings. The number of hydrogen-bond donors (Lipinski definition) is 1. The molecule has 0 radical (unpaired) electrons. The Morgan fingerprint density at radius 1 is 1.36 bits per heavy atom. The predicted molar refractivity (Wildman–Crippen MR) is 55.8 cm³/mol.